The maximum Gasteiger partial charge on any atom is 0.165 e. The standard InChI is InChI=1S/C17H20N6O/c1-24-14-4-2-13(3-5-14)10-23-12-21-15-16(19-11-20-17(15)23)22-8-6-18-7-9-22/h2-5,11-12,18H,6-10H2,1H3. The highest BCUT2D eigenvalue weighted by Gasteiger charge is 2.17. The highest BCUT2D eigenvalue weighted by atomic mass is 16.5. The van der Waals surface area contributed by atoms with Crippen LogP contribution in [0.25, 0.3) is 11.2 Å². The summed E-state index contributed by atoms with van der Waals surface area (Å²) < 4.78 is 7.27. The number of benzene rings is 1. The molecule has 1 saturated heterocycles. The maximum absolute atomic E-state index is 5.21. The number of imidazole rings is 1. The van der Waals surface area contributed by atoms with E-state index in [1.165, 1.54) is 5.56 Å². The van der Waals surface area contributed by atoms with Crippen molar-refractivity contribution in [1.82, 2.24) is 24.8 Å². The summed E-state index contributed by atoms with van der Waals surface area (Å²) in [7, 11) is 1.67. The average Bonchev–Trinajstić information content (AvgIpc) is 3.06. The summed E-state index contributed by atoms with van der Waals surface area (Å²) in [6.45, 7) is 4.55. The van der Waals surface area contributed by atoms with Crippen LogP contribution in [-0.4, -0.2) is 52.8 Å². The van der Waals surface area contributed by atoms with Gasteiger partial charge < -0.3 is 19.5 Å². The molecule has 0 atom stereocenters. The molecule has 1 aliphatic heterocycles. The summed E-state index contributed by atoms with van der Waals surface area (Å²) in [5.41, 5.74) is 2.92. The van der Waals surface area contributed by atoms with E-state index in [0.717, 1.165) is 55.5 Å². The first-order chi connectivity index (χ1) is 11.8. The summed E-state index contributed by atoms with van der Waals surface area (Å²) in [6.07, 6.45) is 3.47. The summed E-state index contributed by atoms with van der Waals surface area (Å²) in [5.74, 6) is 1.78. The van der Waals surface area contributed by atoms with Crippen LogP contribution in [0, 0.1) is 0 Å². The van der Waals surface area contributed by atoms with E-state index in [9.17, 15) is 0 Å². The van der Waals surface area contributed by atoms with Gasteiger partial charge in [0.1, 0.15) is 12.1 Å². The predicted octanol–water partition coefficient (Wildman–Crippen LogP) is 1.29. The molecule has 1 N–H and O–H groups in total. The molecule has 3 aromatic rings. The normalized spacial score (nSPS) is 15.0. The van der Waals surface area contributed by atoms with Crippen molar-refractivity contribution in [3.63, 3.8) is 0 Å². The summed E-state index contributed by atoms with van der Waals surface area (Å²) in [6, 6.07) is 8.05. The molecule has 0 unspecified atom stereocenters. The Morgan fingerprint density at radius 1 is 1.08 bits per heavy atom. The summed E-state index contributed by atoms with van der Waals surface area (Å²) in [4.78, 5) is 15.8. The molecule has 7 heteroatoms. The van der Waals surface area contributed by atoms with Gasteiger partial charge in [-0.15, -0.1) is 0 Å². The first-order valence-corrected chi connectivity index (χ1v) is 8.09. The molecule has 0 saturated carbocycles. The molecular formula is C17H20N6O. The number of nitrogens with one attached hydrogen (secondary N) is 1. The maximum atomic E-state index is 5.21. The van der Waals surface area contributed by atoms with E-state index < -0.39 is 0 Å². The van der Waals surface area contributed by atoms with Crippen molar-refractivity contribution < 1.29 is 4.74 Å². The van der Waals surface area contributed by atoms with E-state index in [1.54, 1.807) is 13.4 Å². The fourth-order valence-electron chi connectivity index (χ4n) is 3.02. The van der Waals surface area contributed by atoms with E-state index in [0.29, 0.717) is 0 Å². The molecule has 3 heterocycles. The van der Waals surface area contributed by atoms with Gasteiger partial charge in [0.25, 0.3) is 0 Å². The quantitative estimate of drug-likeness (QED) is 0.780. The number of methoxy groups -OCH3 is 1. The van der Waals surface area contributed by atoms with Crippen molar-refractivity contribution in [2.75, 3.05) is 38.2 Å². The first-order valence-electron chi connectivity index (χ1n) is 8.09. The Labute approximate surface area is 140 Å². The third-order valence-electron chi connectivity index (χ3n) is 4.31. The van der Waals surface area contributed by atoms with Gasteiger partial charge in [-0.1, -0.05) is 12.1 Å². The zero-order valence-electron chi connectivity index (χ0n) is 13.6. The van der Waals surface area contributed by atoms with Crippen LogP contribution < -0.4 is 15.0 Å². The van der Waals surface area contributed by atoms with Crippen LogP contribution in [0.15, 0.2) is 36.9 Å². The second-order valence-electron chi connectivity index (χ2n) is 5.83. The van der Waals surface area contributed by atoms with Gasteiger partial charge in [0.2, 0.25) is 0 Å². The van der Waals surface area contributed by atoms with Crippen molar-refractivity contribution >= 4 is 17.0 Å². The van der Waals surface area contributed by atoms with Gasteiger partial charge in [-0.25, -0.2) is 15.0 Å². The van der Waals surface area contributed by atoms with Crippen LogP contribution in [0.3, 0.4) is 0 Å². The monoisotopic (exact) mass is 324 g/mol. The lowest BCUT2D eigenvalue weighted by Crippen LogP contribution is -2.44. The molecule has 1 fully saturated rings. The van der Waals surface area contributed by atoms with Gasteiger partial charge in [0.05, 0.1) is 20.0 Å². The molecule has 7 nitrogen and oxygen atoms in total. The Hall–Kier alpha value is -2.67. The number of piperazine rings is 1. The zero-order chi connectivity index (χ0) is 16.4. The largest absolute Gasteiger partial charge is 0.497 e. The van der Waals surface area contributed by atoms with E-state index in [-0.39, 0.29) is 0 Å². The van der Waals surface area contributed by atoms with Gasteiger partial charge in [-0.2, -0.15) is 0 Å². The molecule has 124 valence electrons. The van der Waals surface area contributed by atoms with Crippen LogP contribution in [0.4, 0.5) is 5.82 Å². The topological polar surface area (TPSA) is 68.1 Å². The van der Waals surface area contributed by atoms with E-state index >= 15 is 0 Å². The lowest BCUT2D eigenvalue weighted by atomic mass is 10.2. The molecule has 2 aromatic heterocycles. The van der Waals surface area contributed by atoms with Crippen LogP contribution >= 0.6 is 0 Å². The number of hydrogen-bond donors (Lipinski definition) is 1. The van der Waals surface area contributed by atoms with Gasteiger partial charge in [0, 0.05) is 26.2 Å². The average molecular weight is 324 g/mol. The van der Waals surface area contributed by atoms with E-state index in [1.807, 2.05) is 18.5 Å². The smallest absolute Gasteiger partial charge is 0.165 e. The zero-order valence-corrected chi connectivity index (χ0v) is 13.6. The van der Waals surface area contributed by atoms with Gasteiger partial charge in [0.15, 0.2) is 17.0 Å². The molecule has 0 spiro atoms. The van der Waals surface area contributed by atoms with Crippen LogP contribution in [-0.2, 0) is 6.54 Å². The first kappa shape index (κ1) is 14.9. The third kappa shape index (κ3) is 2.78. The number of ether oxygens (including phenoxy) is 1. The Kier molecular flexibility index (Phi) is 4.00. The van der Waals surface area contributed by atoms with Crippen molar-refractivity contribution in [3.8, 4) is 5.75 Å². The molecule has 0 bridgehead atoms. The van der Waals surface area contributed by atoms with Gasteiger partial charge >= 0.3 is 0 Å². The molecule has 4 rings (SSSR count). The van der Waals surface area contributed by atoms with E-state index in [2.05, 4.69) is 41.9 Å². The fraction of sp³-hybridized carbons (Fsp3) is 0.353. The number of nitrogens with zero attached hydrogens (tertiary/aromatic N) is 5. The van der Waals surface area contributed by atoms with Crippen molar-refractivity contribution in [2.45, 2.75) is 6.54 Å². The Morgan fingerprint density at radius 3 is 2.62 bits per heavy atom. The molecule has 0 amide bonds. The second-order valence-corrected chi connectivity index (χ2v) is 5.83. The molecule has 1 aliphatic rings. The predicted molar refractivity (Wildman–Crippen MR) is 92.5 cm³/mol. The Bertz CT molecular complexity index is 823. The Balaban J connectivity index is 1.64. The number of aromatic nitrogens is 4. The van der Waals surface area contributed by atoms with Crippen LogP contribution in [0.1, 0.15) is 5.56 Å². The minimum atomic E-state index is 0.721. The lowest BCUT2D eigenvalue weighted by molar-refractivity contribution is 0.414. The van der Waals surface area contributed by atoms with Crippen LogP contribution in [0.2, 0.25) is 0 Å². The molecule has 24 heavy (non-hydrogen) atoms. The molecule has 1 aromatic carbocycles. The fourth-order valence-corrected chi connectivity index (χ4v) is 3.02. The molecule has 0 aliphatic carbocycles. The molecular weight excluding hydrogens is 304 g/mol. The highest BCUT2D eigenvalue weighted by molar-refractivity contribution is 5.83. The van der Waals surface area contributed by atoms with Crippen LogP contribution in [0.5, 0.6) is 5.75 Å². The second kappa shape index (κ2) is 6.45. The number of fused-ring (bicyclic) bond motifs is 1. The van der Waals surface area contributed by atoms with Gasteiger partial charge in [-0.05, 0) is 17.7 Å². The minimum Gasteiger partial charge on any atom is -0.497 e. The SMILES string of the molecule is COc1ccc(Cn2cnc3c(N4CCNCC4)ncnc32)cc1. The lowest BCUT2D eigenvalue weighted by Gasteiger charge is -2.28. The summed E-state index contributed by atoms with van der Waals surface area (Å²) >= 11 is 0. The van der Waals surface area contributed by atoms with Crippen molar-refractivity contribution in [2.24, 2.45) is 0 Å². The third-order valence-corrected chi connectivity index (χ3v) is 4.31. The van der Waals surface area contributed by atoms with E-state index in [4.69, 9.17) is 4.74 Å². The minimum absolute atomic E-state index is 0.721. The van der Waals surface area contributed by atoms with Crippen molar-refractivity contribution in [1.29, 1.82) is 0 Å². The molecule has 0 radical (unpaired) electrons. The highest BCUT2D eigenvalue weighted by Crippen LogP contribution is 2.22. The number of anilines is 1. The summed E-state index contributed by atoms with van der Waals surface area (Å²) in [5, 5.41) is 3.36. The number of rotatable bonds is 4. The Morgan fingerprint density at radius 2 is 1.88 bits per heavy atom. The van der Waals surface area contributed by atoms with Gasteiger partial charge in [-0.3, -0.25) is 0 Å². The number of hydrogen-bond acceptors (Lipinski definition) is 6. The van der Waals surface area contributed by atoms with Crippen molar-refractivity contribution in [3.05, 3.63) is 42.5 Å².